The van der Waals surface area contributed by atoms with Gasteiger partial charge < -0.3 is 9.67 Å². The van der Waals surface area contributed by atoms with E-state index in [4.69, 9.17) is 5.11 Å². The third-order valence-electron chi connectivity index (χ3n) is 1.95. The SMILES string of the molecule is C=CCC(C(=C)C(=O)O)n1ccnc1. The zero-order valence-corrected chi connectivity index (χ0v) is 7.76. The van der Waals surface area contributed by atoms with E-state index in [1.165, 1.54) is 0 Å². The third-order valence-corrected chi connectivity index (χ3v) is 1.95. The van der Waals surface area contributed by atoms with Crippen molar-refractivity contribution in [2.45, 2.75) is 12.5 Å². The van der Waals surface area contributed by atoms with Gasteiger partial charge in [0.15, 0.2) is 0 Å². The van der Waals surface area contributed by atoms with Gasteiger partial charge in [-0.15, -0.1) is 6.58 Å². The smallest absolute Gasteiger partial charge is 0.333 e. The summed E-state index contributed by atoms with van der Waals surface area (Å²) in [6, 6.07) is -0.299. The Hall–Kier alpha value is -1.84. The molecule has 0 saturated heterocycles. The number of carboxylic acids is 1. The number of rotatable bonds is 5. The molecule has 4 heteroatoms. The molecule has 0 aliphatic heterocycles. The van der Waals surface area contributed by atoms with Gasteiger partial charge in [0.1, 0.15) is 0 Å². The summed E-state index contributed by atoms with van der Waals surface area (Å²) in [4.78, 5) is 14.6. The van der Waals surface area contributed by atoms with Gasteiger partial charge in [0.2, 0.25) is 0 Å². The first-order valence-corrected chi connectivity index (χ1v) is 4.17. The fourth-order valence-corrected chi connectivity index (χ4v) is 1.20. The van der Waals surface area contributed by atoms with Crippen molar-refractivity contribution in [2.75, 3.05) is 0 Å². The van der Waals surface area contributed by atoms with Gasteiger partial charge in [0.05, 0.1) is 17.9 Å². The Morgan fingerprint density at radius 2 is 2.43 bits per heavy atom. The van der Waals surface area contributed by atoms with Crippen LogP contribution in [0.2, 0.25) is 0 Å². The summed E-state index contributed by atoms with van der Waals surface area (Å²) in [6.45, 7) is 7.12. The first-order chi connectivity index (χ1) is 6.66. The Labute approximate surface area is 82.2 Å². The second-order valence-corrected chi connectivity index (χ2v) is 2.88. The molecule has 1 unspecified atom stereocenters. The van der Waals surface area contributed by atoms with Gasteiger partial charge in [-0.3, -0.25) is 0 Å². The molecule has 0 aromatic carbocycles. The van der Waals surface area contributed by atoms with Crippen LogP contribution in [0.25, 0.3) is 0 Å². The van der Waals surface area contributed by atoms with Crippen molar-refractivity contribution in [2.24, 2.45) is 0 Å². The summed E-state index contributed by atoms with van der Waals surface area (Å²) in [7, 11) is 0. The lowest BCUT2D eigenvalue weighted by Gasteiger charge is -2.16. The Bertz CT molecular complexity index is 341. The molecule has 0 fully saturated rings. The second kappa shape index (κ2) is 4.41. The van der Waals surface area contributed by atoms with Crippen LogP contribution >= 0.6 is 0 Å². The molecule has 0 saturated carbocycles. The predicted octanol–water partition coefficient (Wildman–Crippen LogP) is 1.64. The fourth-order valence-electron chi connectivity index (χ4n) is 1.20. The molecule has 0 bridgehead atoms. The molecule has 1 heterocycles. The Morgan fingerprint density at radius 1 is 1.71 bits per heavy atom. The van der Waals surface area contributed by atoms with Crippen molar-refractivity contribution in [3.63, 3.8) is 0 Å². The van der Waals surface area contributed by atoms with Crippen LogP contribution in [0.5, 0.6) is 0 Å². The summed E-state index contributed by atoms with van der Waals surface area (Å²) in [5.74, 6) is -0.995. The van der Waals surface area contributed by atoms with Crippen molar-refractivity contribution in [3.05, 3.63) is 43.5 Å². The minimum Gasteiger partial charge on any atom is -0.478 e. The van der Waals surface area contributed by atoms with Crippen LogP contribution < -0.4 is 0 Å². The molecule has 1 aromatic heterocycles. The summed E-state index contributed by atoms with van der Waals surface area (Å²) in [6.07, 6.45) is 7.08. The highest BCUT2D eigenvalue weighted by molar-refractivity contribution is 5.86. The Balaban J connectivity index is 2.90. The quantitative estimate of drug-likeness (QED) is 0.570. The molecule has 0 radical (unpaired) electrons. The van der Waals surface area contributed by atoms with Crippen molar-refractivity contribution in [1.29, 1.82) is 0 Å². The Kier molecular flexibility index (Phi) is 3.23. The van der Waals surface area contributed by atoms with E-state index in [1.807, 2.05) is 0 Å². The van der Waals surface area contributed by atoms with Gasteiger partial charge in [-0.05, 0) is 6.42 Å². The number of carbonyl (C=O) groups is 1. The van der Waals surface area contributed by atoms with Crippen LogP contribution in [0.1, 0.15) is 12.5 Å². The zero-order valence-electron chi connectivity index (χ0n) is 7.76. The normalized spacial score (nSPS) is 12.0. The average Bonchev–Trinajstić information content (AvgIpc) is 2.65. The summed E-state index contributed by atoms with van der Waals surface area (Å²) < 4.78 is 1.71. The van der Waals surface area contributed by atoms with Gasteiger partial charge in [-0.2, -0.15) is 0 Å². The van der Waals surface area contributed by atoms with E-state index in [9.17, 15) is 4.79 Å². The second-order valence-electron chi connectivity index (χ2n) is 2.88. The first kappa shape index (κ1) is 10.2. The minimum absolute atomic E-state index is 0.142. The van der Waals surface area contributed by atoms with Crippen LogP contribution in [0, 0.1) is 0 Å². The van der Waals surface area contributed by atoms with E-state index in [0.717, 1.165) is 0 Å². The van der Waals surface area contributed by atoms with Gasteiger partial charge in [0.25, 0.3) is 0 Å². The number of hydrogen-bond donors (Lipinski definition) is 1. The highest BCUT2D eigenvalue weighted by Gasteiger charge is 2.17. The van der Waals surface area contributed by atoms with Crippen molar-refractivity contribution in [3.8, 4) is 0 Å². The lowest BCUT2D eigenvalue weighted by molar-refractivity contribution is -0.133. The molecule has 1 N–H and O–H groups in total. The highest BCUT2D eigenvalue weighted by atomic mass is 16.4. The summed E-state index contributed by atoms with van der Waals surface area (Å²) >= 11 is 0. The molecule has 0 aliphatic rings. The number of nitrogens with zero attached hydrogens (tertiary/aromatic N) is 2. The number of aromatic nitrogens is 2. The van der Waals surface area contributed by atoms with Gasteiger partial charge in [-0.25, -0.2) is 9.78 Å². The average molecular weight is 192 g/mol. The van der Waals surface area contributed by atoms with Gasteiger partial charge in [0, 0.05) is 12.4 Å². The molecule has 74 valence electrons. The van der Waals surface area contributed by atoms with Crippen LogP contribution in [0.4, 0.5) is 0 Å². The largest absolute Gasteiger partial charge is 0.478 e. The van der Waals surface area contributed by atoms with E-state index in [1.54, 1.807) is 29.4 Å². The maximum absolute atomic E-state index is 10.7. The van der Waals surface area contributed by atoms with E-state index >= 15 is 0 Å². The third kappa shape index (κ3) is 2.10. The van der Waals surface area contributed by atoms with E-state index in [-0.39, 0.29) is 11.6 Å². The lowest BCUT2D eigenvalue weighted by Crippen LogP contribution is -2.15. The summed E-state index contributed by atoms with van der Waals surface area (Å²) in [5, 5.41) is 8.81. The summed E-state index contributed by atoms with van der Waals surface area (Å²) in [5.41, 5.74) is 0.142. The minimum atomic E-state index is -0.995. The van der Waals surface area contributed by atoms with Crippen molar-refractivity contribution in [1.82, 2.24) is 9.55 Å². The van der Waals surface area contributed by atoms with E-state index in [0.29, 0.717) is 6.42 Å². The number of imidazole rings is 1. The monoisotopic (exact) mass is 192 g/mol. The van der Waals surface area contributed by atoms with Gasteiger partial charge >= 0.3 is 5.97 Å². The van der Waals surface area contributed by atoms with Crippen molar-refractivity contribution >= 4 is 5.97 Å². The van der Waals surface area contributed by atoms with Gasteiger partial charge in [-0.1, -0.05) is 12.7 Å². The fraction of sp³-hybridized carbons (Fsp3) is 0.200. The van der Waals surface area contributed by atoms with Crippen LogP contribution in [-0.4, -0.2) is 20.6 Å². The Morgan fingerprint density at radius 3 is 2.86 bits per heavy atom. The molecule has 1 aromatic rings. The van der Waals surface area contributed by atoms with Crippen LogP contribution in [0.15, 0.2) is 43.5 Å². The highest BCUT2D eigenvalue weighted by Crippen LogP contribution is 2.20. The van der Waals surface area contributed by atoms with E-state index in [2.05, 4.69) is 18.1 Å². The number of allylic oxidation sites excluding steroid dienone is 1. The predicted molar refractivity (Wildman–Crippen MR) is 52.9 cm³/mol. The topological polar surface area (TPSA) is 55.1 Å². The molecule has 0 spiro atoms. The molecular formula is C10H12N2O2. The number of hydrogen-bond acceptors (Lipinski definition) is 2. The molecule has 0 amide bonds. The molecule has 4 nitrogen and oxygen atoms in total. The number of carboxylic acid groups (broad SMARTS) is 1. The van der Waals surface area contributed by atoms with Crippen molar-refractivity contribution < 1.29 is 9.90 Å². The molecule has 14 heavy (non-hydrogen) atoms. The standard InChI is InChI=1S/C10H12N2O2/c1-3-4-9(8(2)10(13)14)12-6-5-11-7-12/h3,5-7,9H,1-2,4H2,(H,13,14). The zero-order chi connectivity index (χ0) is 10.6. The lowest BCUT2D eigenvalue weighted by atomic mass is 10.1. The molecular weight excluding hydrogens is 180 g/mol. The van der Waals surface area contributed by atoms with Crippen LogP contribution in [0.3, 0.4) is 0 Å². The first-order valence-electron chi connectivity index (χ1n) is 4.17. The molecule has 1 atom stereocenters. The number of aliphatic carboxylic acids is 1. The van der Waals surface area contributed by atoms with Crippen LogP contribution in [-0.2, 0) is 4.79 Å². The van der Waals surface area contributed by atoms with E-state index < -0.39 is 5.97 Å². The maximum atomic E-state index is 10.7. The molecule has 1 rings (SSSR count). The molecule has 0 aliphatic carbocycles. The maximum Gasteiger partial charge on any atom is 0.333 e.